The van der Waals surface area contributed by atoms with E-state index in [9.17, 15) is 4.79 Å². The lowest BCUT2D eigenvalue weighted by Crippen LogP contribution is -2.00. The lowest BCUT2D eigenvalue weighted by molar-refractivity contribution is -0.134. The maximum Gasteiger partial charge on any atom is 0.330 e. The fourth-order valence-electron chi connectivity index (χ4n) is 1.66. The fraction of sp³-hybridized carbons (Fsp3) is 0.300. The summed E-state index contributed by atoms with van der Waals surface area (Å²) in [5.41, 5.74) is 1.14. The second kappa shape index (κ2) is 2.63. The first-order valence-electron chi connectivity index (χ1n) is 3.97. The van der Waals surface area contributed by atoms with Crippen molar-refractivity contribution < 1.29 is 9.53 Å². The number of fused-ring (bicyclic) bond motifs is 2. The number of allylic oxidation sites excluding steroid dienone is 5. The first kappa shape index (κ1) is 7.35. The fourth-order valence-corrected chi connectivity index (χ4v) is 1.66. The molecule has 0 aromatic rings. The first-order valence-corrected chi connectivity index (χ1v) is 3.97. The molecule has 0 radical (unpaired) electrons. The molecule has 2 heteroatoms. The summed E-state index contributed by atoms with van der Waals surface area (Å²) in [5.74, 6) is 0.426. The third-order valence-corrected chi connectivity index (χ3v) is 2.31. The van der Waals surface area contributed by atoms with Crippen molar-refractivity contribution in [3.8, 4) is 0 Å². The third kappa shape index (κ3) is 0.998. The lowest BCUT2D eigenvalue weighted by atomic mass is 10.0. The Labute approximate surface area is 71.2 Å². The molecule has 0 N–H and O–H groups in total. The summed E-state index contributed by atoms with van der Waals surface area (Å²) < 4.78 is 4.57. The molecule has 0 unspecified atom stereocenters. The van der Waals surface area contributed by atoms with E-state index in [1.54, 1.807) is 6.08 Å². The normalized spacial score (nSPS) is 29.6. The van der Waals surface area contributed by atoms with Crippen molar-refractivity contribution in [3.63, 3.8) is 0 Å². The van der Waals surface area contributed by atoms with Crippen molar-refractivity contribution >= 4 is 5.97 Å². The molecule has 0 heterocycles. The summed E-state index contributed by atoms with van der Waals surface area (Å²) in [4.78, 5) is 10.9. The Bertz CT molecular complexity index is 265. The van der Waals surface area contributed by atoms with Gasteiger partial charge in [-0.3, -0.25) is 0 Å². The van der Waals surface area contributed by atoms with Crippen LogP contribution in [0.2, 0.25) is 0 Å². The van der Waals surface area contributed by atoms with Gasteiger partial charge in [0.15, 0.2) is 0 Å². The van der Waals surface area contributed by atoms with Crippen molar-refractivity contribution in [2.75, 3.05) is 7.11 Å². The van der Waals surface area contributed by atoms with Crippen molar-refractivity contribution in [3.05, 3.63) is 36.0 Å². The molecule has 2 aliphatic carbocycles. The van der Waals surface area contributed by atoms with E-state index < -0.39 is 0 Å². The van der Waals surface area contributed by atoms with Gasteiger partial charge in [-0.2, -0.15) is 0 Å². The molecule has 0 fully saturated rings. The van der Waals surface area contributed by atoms with Gasteiger partial charge in [0.05, 0.1) is 7.11 Å². The molecule has 0 amide bonds. The Morgan fingerprint density at radius 3 is 2.25 bits per heavy atom. The molecule has 2 aliphatic rings. The Hall–Kier alpha value is -1.31. The van der Waals surface area contributed by atoms with Crippen LogP contribution in [0.3, 0.4) is 0 Å². The molecule has 2 bridgehead atoms. The van der Waals surface area contributed by atoms with Crippen LogP contribution in [0.4, 0.5) is 0 Å². The maximum atomic E-state index is 10.9. The van der Waals surface area contributed by atoms with Crippen molar-refractivity contribution in [2.45, 2.75) is 0 Å². The largest absolute Gasteiger partial charge is 0.466 e. The monoisotopic (exact) mass is 162 g/mol. The number of hydrogen-bond acceptors (Lipinski definition) is 2. The molecular formula is C10H10O2. The third-order valence-electron chi connectivity index (χ3n) is 2.31. The lowest BCUT2D eigenvalue weighted by Gasteiger charge is -2.02. The highest BCUT2D eigenvalue weighted by molar-refractivity contribution is 5.83. The van der Waals surface area contributed by atoms with E-state index in [1.807, 2.05) is 0 Å². The summed E-state index contributed by atoms with van der Waals surface area (Å²) in [6.45, 7) is 0. The van der Waals surface area contributed by atoms with Gasteiger partial charge in [-0.1, -0.05) is 24.3 Å². The predicted octanol–water partition coefficient (Wildman–Crippen LogP) is 1.46. The summed E-state index contributed by atoms with van der Waals surface area (Å²) in [7, 11) is 1.40. The Morgan fingerprint density at radius 2 is 1.83 bits per heavy atom. The minimum absolute atomic E-state index is 0.257. The molecule has 12 heavy (non-hydrogen) atoms. The zero-order chi connectivity index (χ0) is 8.55. The highest BCUT2D eigenvalue weighted by Gasteiger charge is 2.27. The van der Waals surface area contributed by atoms with Crippen LogP contribution in [-0.2, 0) is 9.53 Å². The molecule has 62 valence electrons. The zero-order valence-corrected chi connectivity index (χ0v) is 6.86. The Morgan fingerprint density at radius 1 is 1.33 bits per heavy atom. The number of methoxy groups -OCH3 is 1. The van der Waals surface area contributed by atoms with Gasteiger partial charge >= 0.3 is 5.97 Å². The number of rotatable bonds is 1. The minimum atomic E-state index is -0.257. The van der Waals surface area contributed by atoms with Gasteiger partial charge in [0.2, 0.25) is 0 Å². The molecule has 0 aromatic carbocycles. The quantitative estimate of drug-likeness (QED) is 0.331. The summed E-state index contributed by atoms with van der Waals surface area (Å²) in [5, 5.41) is 0. The smallest absolute Gasteiger partial charge is 0.330 e. The highest BCUT2D eigenvalue weighted by Crippen LogP contribution is 2.37. The van der Waals surface area contributed by atoms with E-state index >= 15 is 0 Å². The van der Waals surface area contributed by atoms with Crippen LogP contribution in [0.15, 0.2) is 36.0 Å². The highest BCUT2D eigenvalue weighted by atomic mass is 16.5. The van der Waals surface area contributed by atoms with Crippen LogP contribution >= 0.6 is 0 Å². The average Bonchev–Trinajstić information content (AvgIpc) is 2.65. The van der Waals surface area contributed by atoms with Gasteiger partial charge in [0.25, 0.3) is 0 Å². The van der Waals surface area contributed by atoms with Crippen molar-refractivity contribution in [1.82, 2.24) is 0 Å². The summed E-state index contributed by atoms with van der Waals surface area (Å²) in [6, 6.07) is 0. The molecular weight excluding hydrogens is 152 g/mol. The van der Waals surface area contributed by atoms with E-state index in [1.165, 1.54) is 7.11 Å². The molecule has 0 spiro atoms. The zero-order valence-electron chi connectivity index (χ0n) is 6.86. The second-order valence-corrected chi connectivity index (χ2v) is 2.99. The van der Waals surface area contributed by atoms with Crippen LogP contribution in [0.5, 0.6) is 0 Å². The van der Waals surface area contributed by atoms with E-state index in [-0.39, 0.29) is 5.97 Å². The summed E-state index contributed by atoms with van der Waals surface area (Å²) >= 11 is 0. The average molecular weight is 162 g/mol. The van der Waals surface area contributed by atoms with Crippen LogP contribution in [0.1, 0.15) is 0 Å². The standard InChI is InChI=1S/C10H10O2/c1-12-10(11)6-9-7-2-3-8(9)5-4-7/h2-8H,1H3. The topological polar surface area (TPSA) is 26.3 Å². The maximum absolute atomic E-state index is 10.9. The number of ether oxygens (including phenoxy) is 1. The minimum Gasteiger partial charge on any atom is -0.466 e. The molecule has 0 saturated carbocycles. The van der Waals surface area contributed by atoms with Crippen LogP contribution in [0.25, 0.3) is 0 Å². The van der Waals surface area contributed by atoms with E-state index in [2.05, 4.69) is 29.0 Å². The predicted molar refractivity (Wildman–Crippen MR) is 45.4 cm³/mol. The molecule has 0 aromatic heterocycles. The van der Waals surface area contributed by atoms with Crippen molar-refractivity contribution in [1.29, 1.82) is 0 Å². The van der Waals surface area contributed by atoms with Gasteiger partial charge in [0.1, 0.15) is 0 Å². The molecule has 0 aliphatic heterocycles. The first-order chi connectivity index (χ1) is 5.81. The van der Waals surface area contributed by atoms with E-state index in [0.717, 1.165) is 5.57 Å². The Balaban J connectivity index is 2.19. The van der Waals surface area contributed by atoms with E-state index in [0.29, 0.717) is 11.8 Å². The van der Waals surface area contributed by atoms with Crippen LogP contribution in [0, 0.1) is 11.8 Å². The SMILES string of the molecule is COC(=O)C=C1C2C=CC1C=C2. The molecule has 2 rings (SSSR count). The molecule has 0 atom stereocenters. The van der Waals surface area contributed by atoms with Gasteiger partial charge in [-0.05, 0) is 5.57 Å². The molecule has 0 saturated heterocycles. The van der Waals surface area contributed by atoms with Gasteiger partial charge in [-0.15, -0.1) is 0 Å². The molecule has 2 nitrogen and oxygen atoms in total. The Kier molecular flexibility index (Phi) is 1.61. The van der Waals surface area contributed by atoms with Gasteiger partial charge < -0.3 is 4.74 Å². The summed E-state index contributed by atoms with van der Waals surface area (Å²) in [6.07, 6.45) is 10.0. The van der Waals surface area contributed by atoms with E-state index in [4.69, 9.17) is 0 Å². The van der Waals surface area contributed by atoms with Crippen LogP contribution in [-0.4, -0.2) is 13.1 Å². The van der Waals surface area contributed by atoms with Gasteiger partial charge in [-0.25, -0.2) is 4.79 Å². The second-order valence-electron chi connectivity index (χ2n) is 2.99. The number of esters is 1. The van der Waals surface area contributed by atoms with Gasteiger partial charge in [0, 0.05) is 17.9 Å². The number of carbonyl (C=O) groups is 1. The number of carbonyl (C=O) groups excluding carboxylic acids is 1. The van der Waals surface area contributed by atoms with Crippen molar-refractivity contribution in [2.24, 2.45) is 11.8 Å². The van der Waals surface area contributed by atoms with Crippen LogP contribution < -0.4 is 0 Å². The number of hydrogen-bond donors (Lipinski definition) is 0.